The average Bonchev–Trinajstić information content (AvgIpc) is 2.61. The molecule has 0 aliphatic heterocycles. The minimum atomic E-state index is -0.610. The quantitative estimate of drug-likeness (QED) is 0.624. The van der Waals surface area contributed by atoms with Crippen molar-refractivity contribution in [2.75, 3.05) is 5.32 Å². The molecule has 0 fully saturated rings. The summed E-state index contributed by atoms with van der Waals surface area (Å²) < 4.78 is 6.25. The molecule has 5 nitrogen and oxygen atoms in total. The predicted octanol–water partition coefficient (Wildman–Crippen LogP) is 4.46. The molecule has 1 aromatic heterocycles. The summed E-state index contributed by atoms with van der Waals surface area (Å²) in [5.41, 5.74) is 2.30. The van der Waals surface area contributed by atoms with Crippen molar-refractivity contribution < 1.29 is 9.53 Å². The van der Waals surface area contributed by atoms with Crippen LogP contribution >= 0.6 is 22.6 Å². The second-order valence-corrected chi connectivity index (χ2v) is 6.25. The molecule has 0 aliphatic carbocycles. The van der Waals surface area contributed by atoms with Gasteiger partial charge in [-0.15, -0.1) is 0 Å². The molecule has 24 heavy (non-hydrogen) atoms. The predicted molar refractivity (Wildman–Crippen MR) is 99.4 cm³/mol. The van der Waals surface area contributed by atoms with Gasteiger partial charge in [0.25, 0.3) is 0 Å². The molecule has 0 saturated heterocycles. The van der Waals surface area contributed by atoms with Crippen LogP contribution in [0.15, 0.2) is 54.7 Å². The maximum absolute atomic E-state index is 12.1. The molecule has 0 aliphatic rings. The number of halogens is 1. The molecule has 3 rings (SSSR count). The molecule has 2 aromatic carbocycles. The number of amides is 1. The van der Waals surface area contributed by atoms with Gasteiger partial charge in [-0.25, -0.2) is 4.79 Å². The highest BCUT2D eigenvalue weighted by atomic mass is 127. The standard InChI is InChI=1S/C18H12IN3O2/c19-14-6-7-15-16(8-14)21-10-13(9-20)17(15)22-18(23)24-11-12-4-2-1-3-5-12/h1-8,10H,11H2,(H,21,22,23). The molecule has 6 heteroatoms. The lowest BCUT2D eigenvalue weighted by Gasteiger charge is -2.11. The second kappa shape index (κ2) is 7.27. The van der Waals surface area contributed by atoms with Crippen LogP contribution in [0.5, 0.6) is 0 Å². The van der Waals surface area contributed by atoms with Crippen LogP contribution in [-0.4, -0.2) is 11.1 Å². The summed E-state index contributed by atoms with van der Waals surface area (Å²) in [5, 5.41) is 12.6. The summed E-state index contributed by atoms with van der Waals surface area (Å²) >= 11 is 2.19. The highest BCUT2D eigenvalue weighted by Crippen LogP contribution is 2.27. The van der Waals surface area contributed by atoms with Gasteiger partial charge in [0, 0.05) is 15.2 Å². The molecule has 0 spiro atoms. The molecular formula is C18H12IN3O2. The number of ether oxygens (including phenoxy) is 1. The first-order valence-corrected chi connectivity index (χ1v) is 8.21. The van der Waals surface area contributed by atoms with E-state index >= 15 is 0 Å². The van der Waals surface area contributed by atoms with E-state index in [-0.39, 0.29) is 6.61 Å². The Labute approximate surface area is 152 Å². The molecule has 0 unspecified atom stereocenters. The Balaban J connectivity index is 1.83. The van der Waals surface area contributed by atoms with Gasteiger partial charge in [0.15, 0.2) is 0 Å². The van der Waals surface area contributed by atoms with E-state index in [0.717, 1.165) is 9.13 Å². The lowest BCUT2D eigenvalue weighted by atomic mass is 10.1. The van der Waals surface area contributed by atoms with Crippen LogP contribution in [0, 0.1) is 14.9 Å². The van der Waals surface area contributed by atoms with Crippen LogP contribution in [0.2, 0.25) is 0 Å². The molecule has 0 radical (unpaired) electrons. The zero-order valence-electron chi connectivity index (χ0n) is 12.5. The molecule has 1 amide bonds. The Kier molecular flexibility index (Phi) is 4.91. The summed E-state index contributed by atoms with van der Waals surface area (Å²) in [4.78, 5) is 16.4. The van der Waals surface area contributed by atoms with Crippen molar-refractivity contribution in [1.29, 1.82) is 5.26 Å². The first kappa shape index (κ1) is 16.2. The summed E-state index contributed by atoms with van der Waals surface area (Å²) in [6, 6.07) is 17.1. The van der Waals surface area contributed by atoms with Crippen molar-refractivity contribution in [3.8, 4) is 6.07 Å². The number of aromatic nitrogens is 1. The average molecular weight is 429 g/mol. The SMILES string of the molecule is N#Cc1cnc2cc(I)ccc2c1NC(=O)OCc1ccccc1. The molecule has 1 N–H and O–H groups in total. The highest BCUT2D eigenvalue weighted by molar-refractivity contribution is 14.1. The number of nitrogens with zero attached hydrogens (tertiary/aromatic N) is 2. The van der Waals surface area contributed by atoms with Crippen molar-refractivity contribution in [2.45, 2.75) is 6.61 Å². The maximum Gasteiger partial charge on any atom is 0.412 e. The van der Waals surface area contributed by atoms with E-state index in [9.17, 15) is 10.1 Å². The first-order valence-electron chi connectivity index (χ1n) is 7.13. The fraction of sp³-hybridized carbons (Fsp3) is 0.0556. The zero-order chi connectivity index (χ0) is 16.9. The molecule has 118 valence electrons. The summed E-state index contributed by atoms with van der Waals surface area (Å²) in [5.74, 6) is 0. The summed E-state index contributed by atoms with van der Waals surface area (Å²) in [7, 11) is 0. The van der Waals surface area contributed by atoms with Gasteiger partial charge < -0.3 is 4.74 Å². The Hall–Kier alpha value is -2.66. The monoisotopic (exact) mass is 429 g/mol. The van der Waals surface area contributed by atoms with E-state index in [2.05, 4.69) is 32.9 Å². The molecule has 3 aromatic rings. The van der Waals surface area contributed by atoms with Gasteiger partial charge in [-0.1, -0.05) is 30.3 Å². The van der Waals surface area contributed by atoms with Crippen LogP contribution < -0.4 is 5.32 Å². The number of carbonyl (C=O) groups excluding carboxylic acids is 1. The highest BCUT2D eigenvalue weighted by Gasteiger charge is 2.13. The van der Waals surface area contributed by atoms with Gasteiger partial charge in [-0.2, -0.15) is 5.26 Å². The number of rotatable bonds is 3. The third-order valence-electron chi connectivity index (χ3n) is 3.39. The number of carbonyl (C=O) groups is 1. The minimum absolute atomic E-state index is 0.162. The lowest BCUT2D eigenvalue weighted by molar-refractivity contribution is 0.155. The van der Waals surface area contributed by atoms with Crippen molar-refractivity contribution in [3.63, 3.8) is 0 Å². The Bertz CT molecular complexity index is 936. The van der Waals surface area contributed by atoms with Crippen molar-refractivity contribution in [3.05, 3.63) is 69.4 Å². The third kappa shape index (κ3) is 3.63. The largest absolute Gasteiger partial charge is 0.444 e. The van der Waals surface area contributed by atoms with Crippen LogP contribution in [0.4, 0.5) is 10.5 Å². The minimum Gasteiger partial charge on any atom is -0.444 e. The van der Waals surface area contributed by atoms with E-state index in [1.165, 1.54) is 6.20 Å². The summed E-state index contributed by atoms with van der Waals surface area (Å²) in [6.45, 7) is 0.162. The molecular weight excluding hydrogens is 417 g/mol. The van der Waals surface area contributed by atoms with Gasteiger partial charge in [0.05, 0.1) is 16.8 Å². The smallest absolute Gasteiger partial charge is 0.412 e. The van der Waals surface area contributed by atoms with Gasteiger partial charge in [-0.3, -0.25) is 10.3 Å². The maximum atomic E-state index is 12.1. The van der Waals surface area contributed by atoms with E-state index in [1.807, 2.05) is 54.6 Å². The van der Waals surface area contributed by atoms with Crippen LogP contribution in [0.3, 0.4) is 0 Å². The van der Waals surface area contributed by atoms with E-state index in [1.54, 1.807) is 0 Å². The second-order valence-electron chi connectivity index (χ2n) is 5.01. The van der Waals surface area contributed by atoms with Gasteiger partial charge in [0.2, 0.25) is 0 Å². The normalized spacial score (nSPS) is 10.2. The van der Waals surface area contributed by atoms with Crippen molar-refractivity contribution >= 4 is 45.3 Å². The number of pyridine rings is 1. The van der Waals surface area contributed by atoms with Gasteiger partial charge in [0.1, 0.15) is 12.7 Å². The Morgan fingerprint density at radius 1 is 1.25 bits per heavy atom. The molecule has 0 atom stereocenters. The zero-order valence-corrected chi connectivity index (χ0v) is 14.6. The third-order valence-corrected chi connectivity index (χ3v) is 4.06. The van der Waals surface area contributed by atoms with Crippen molar-refractivity contribution in [2.24, 2.45) is 0 Å². The number of hydrogen-bond donors (Lipinski definition) is 1. The van der Waals surface area contributed by atoms with Crippen LogP contribution in [0.1, 0.15) is 11.1 Å². The van der Waals surface area contributed by atoms with E-state index in [0.29, 0.717) is 22.2 Å². The van der Waals surface area contributed by atoms with Crippen LogP contribution in [0.25, 0.3) is 10.9 Å². The number of fused-ring (bicyclic) bond motifs is 1. The fourth-order valence-corrected chi connectivity index (χ4v) is 2.72. The number of nitrogens with one attached hydrogen (secondary N) is 1. The molecule has 0 saturated carbocycles. The topological polar surface area (TPSA) is 75.0 Å². The number of nitriles is 1. The summed E-state index contributed by atoms with van der Waals surface area (Å²) in [6.07, 6.45) is 0.840. The van der Waals surface area contributed by atoms with Gasteiger partial charge >= 0.3 is 6.09 Å². The molecule has 0 bridgehead atoms. The first-order chi connectivity index (χ1) is 11.7. The van der Waals surface area contributed by atoms with Gasteiger partial charge in [-0.05, 0) is 46.4 Å². The van der Waals surface area contributed by atoms with Crippen LogP contribution in [-0.2, 0) is 11.3 Å². The van der Waals surface area contributed by atoms with E-state index < -0.39 is 6.09 Å². The number of anilines is 1. The van der Waals surface area contributed by atoms with Crippen molar-refractivity contribution in [1.82, 2.24) is 4.98 Å². The Morgan fingerprint density at radius 3 is 2.79 bits per heavy atom. The number of benzene rings is 2. The molecule has 1 heterocycles. The fourth-order valence-electron chi connectivity index (χ4n) is 2.25. The van der Waals surface area contributed by atoms with E-state index in [4.69, 9.17) is 4.74 Å². The number of hydrogen-bond acceptors (Lipinski definition) is 4. The lowest BCUT2D eigenvalue weighted by Crippen LogP contribution is -2.15. The Morgan fingerprint density at radius 2 is 2.04 bits per heavy atom.